The van der Waals surface area contributed by atoms with E-state index in [1.165, 1.54) is 18.6 Å². The molecule has 0 saturated carbocycles. The van der Waals surface area contributed by atoms with E-state index in [4.69, 9.17) is 0 Å². The van der Waals surface area contributed by atoms with E-state index in [2.05, 4.69) is 20.3 Å². The number of nitrogens with zero attached hydrogens (tertiary/aromatic N) is 3. The van der Waals surface area contributed by atoms with Gasteiger partial charge in [-0.2, -0.15) is 13.2 Å². The van der Waals surface area contributed by atoms with Crippen LogP contribution in [-0.2, 0) is 12.7 Å². The first-order chi connectivity index (χ1) is 9.38. The van der Waals surface area contributed by atoms with Crippen LogP contribution >= 0.6 is 11.3 Å². The Labute approximate surface area is 118 Å². The molecule has 0 amide bonds. The largest absolute Gasteiger partial charge is 0.434 e. The summed E-state index contributed by atoms with van der Waals surface area (Å²) in [7, 11) is 0. The van der Waals surface area contributed by atoms with E-state index in [9.17, 15) is 13.2 Å². The number of alkyl halides is 3. The molecular formula is C12H13F3N4S. The Bertz CT molecular complexity index is 566. The molecule has 0 aromatic carbocycles. The highest BCUT2D eigenvalue weighted by molar-refractivity contribution is 7.15. The molecule has 8 heteroatoms. The van der Waals surface area contributed by atoms with Crippen LogP contribution in [0, 0.1) is 0 Å². The van der Waals surface area contributed by atoms with E-state index in [0.29, 0.717) is 5.69 Å². The van der Waals surface area contributed by atoms with Crippen molar-refractivity contribution in [3.63, 3.8) is 0 Å². The van der Waals surface area contributed by atoms with Crippen molar-refractivity contribution in [2.24, 2.45) is 0 Å². The first-order valence-electron chi connectivity index (χ1n) is 5.94. The Morgan fingerprint density at radius 3 is 2.60 bits per heavy atom. The zero-order valence-electron chi connectivity index (χ0n) is 10.9. The summed E-state index contributed by atoms with van der Waals surface area (Å²) in [6, 6.07) is 0.0955. The van der Waals surface area contributed by atoms with Gasteiger partial charge in [0.25, 0.3) is 0 Å². The summed E-state index contributed by atoms with van der Waals surface area (Å²) in [5.41, 5.74) is -0.505. The van der Waals surface area contributed by atoms with E-state index >= 15 is 0 Å². The number of halogens is 3. The maximum Gasteiger partial charge on any atom is 0.434 e. The van der Waals surface area contributed by atoms with Gasteiger partial charge < -0.3 is 5.32 Å². The number of rotatable bonds is 4. The van der Waals surface area contributed by atoms with Crippen LogP contribution in [-0.4, -0.2) is 21.0 Å². The van der Waals surface area contributed by atoms with Gasteiger partial charge in [0.05, 0.1) is 11.1 Å². The lowest BCUT2D eigenvalue weighted by Crippen LogP contribution is -2.23. The fourth-order valence-corrected chi connectivity index (χ4v) is 2.50. The molecular weight excluding hydrogens is 289 g/mol. The van der Waals surface area contributed by atoms with E-state index in [1.807, 2.05) is 13.8 Å². The quantitative estimate of drug-likeness (QED) is 0.943. The number of nitrogens with one attached hydrogen (secondary N) is 1. The lowest BCUT2D eigenvalue weighted by atomic mass is 10.3. The summed E-state index contributed by atoms with van der Waals surface area (Å²) in [6.45, 7) is 3.88. The summed E-state index contributed by atoms with van der Waals surface area (Å²) in [4.78, 5) is 11.7. The van der Waals surface area contributed by atoms with Crippen LogP contribution in [0.4, 0.5) is 13.2 Å². The first kappa shape index (κ1) is 14.9. The highest BCUT2D eigenvalue weighted by atomic mass is 32.1. The lowest BCUT2D eigenvalue weighted by Gasteiger charge is -2.09. The van der Waals surface area contributed by atoms with Crippen molar-refractivity contribution in [1.29, 1.82) is 0 Å². The molecule has 0 fully saturated rings. The number of hydrogen-bond donors (Lipinski definition) is 1. The molecule has 20 heavy (non-hydrogen) atoms. The monoisotopic (exact) mass is 302 g/mol. The van der Waals surface area contributed by atoms with Crippen LogP contribution in [0.2, 0.25) is 0 Å². The van der Waals surface area contributed by atoms with Crippen molar-refractivity contribution in [3.05, 3.63) is 29.2 Å². The summed E-state index contributed by atoms with van der Waals surface area (Å²) in [5, 5.41) is 3.20. The molecule has 0 aliphatic heterocycles. The zero-order chi connectivity index (χ0) is 14.8. The molecule has 2 aromatic heterocycles. The third kappa shape index (κ3) is 3.51. The van der Waals surface area contributed by atoms with Crippen molar-refractivity contribution in [2.45, 2.75) is 32.6 Å². The predicted octanol–water partition coefficient (Wildman–Crippen LogP) is 3.12. The lowest BCUT2D eigenvalue weighted by molar-refractivity contribution is -0.141. The summed E-state index contributed by atoms with van der Waals surface area (Å²) < 4.78 is 38.9. The van der Waals surface area contributed by atoms with E-state index < -0.39 is 11.9 Å². The second-order valence-corrected chi connectivity index (χ2v) is 5.50. The van der Waals surface area contributed by atoms with Gasteiger partial charge in [0.2, 0.25) is 0 Å². The van der Waals surface area contributed by atoms with E-state index in [0.717, 1.165) is 11.3 Å². The van der Waals surface area contributed by atoms with Crippen LogP contribution in [0.15, 0.2) is 18.6 Å². The normalized spacial score (nSPS) is 12.1. The topological polar surface area (TPSA) is 50.7 Å². The van der Waals surface area contributed by atoms with E-state index in [1.54, 1.807) is 0 Å². The van der Waals surface area contributed by atoms with Gasteiger partial charge in [-0.1, -0.05) is 13.8 Å². The van der Waals surface area contributed by atoms with E-state index in [-0.39, 0.29) is 22.5 Å². The summed E-state index contributed by atoms with van der Waals surface area (Å²) in [5.74, 6) is 0. The maximum atomic E-state index is 13.0. The SMILES string of the molecule is CC(C)NCc1sc(-c2cnccn2)nc1C(F)(F)F. The minimum atomic E-state index is -4.47. The number of hydrogen-bond acceptors (Lipinski definition) is 5. The minimum Gasteiger partial charge on any atom is -0.310 e. The molecule has 1 N–H and O–H groups in total. The highest BCUT2D eigenvalue weighted by Crippen LogP contribution is 2.37. The molecule has 0 aliphatic rings. The Kier molecular flexibility index (Phi) is 4.34. The van der Waals surface area contributed by atoms with Crippen molar-refractivity contribution in [3.8, 4) is 10.7 Å². The van der Waals surface area contributed by atoms with Gasteiger partial charge >= 0.3 is 6.18 Å². The summed E-state index contributed by atoms with van der Waals surface area (Å²) >= 11 is 0.985. The van der Waals surface area contributed by atoms with Crippen molar-refractivity contribution in [1.82, 2.24) is 20.3 Å². The average Bonchev–Trinajstić information content (AvgIpc) is 2.81. The Morgan fingerprint density at radius 2 is 2.05 bits per heavy atom. The maximum absolute atomic E-state index is 13.0. The number of aromatic nitrogens is 3. The minimum absolute atomic E-state index is 0.0955. The molecule has 4 nitrogen and oxygen atoms in total. The van der Waals surface area contributed by atoms with Crippen LogP contribution < -0.4 is 5.32 Å². The third-order valence-corrected chi connectivity index (χ3v) is 3.50. The van der Waals surface area contributed by atoms with Gasteiger partial charge in [0.15, 0.2) is 5.69 Å². The first-order valence-corrected chi connectivity index (χ1v) is 6.76. The Balaban J connectivity index is 2.37. The van der Waals surface area contributed by atoms with Gasteiger partial charge in [-0.3, -0.25) is 9.97 Å². The molecule has 0 bridgehead atoms. The third-order valence-electron chi connectivity index (χ3n) is 2.42. The van der Waals surface area contributed by atoms with Gasteiger partial charge in [-0.15, -0.1) is 11.3 Å². The average molecular weight is 302 g/mol. The van der Waals surface area contributed by atoms with Crippen LogP contribution in [0.25, 0.3) is 10.7 Å². The molecule has 2 rings (SSSR count). The second kappa shape index (κ2) is 5.84. The molecule has 2 heterocycles. The molecule has 0 aliphatic carbocycles. The molecule has 2 aromatic rings. The standard InChI is InChI=1S/C12H13F3N4S/c1-7(2)18-6-9-10(12(13,14)15)19-11(20-9)8-5-16-3-4-17-8/h3-5,7,18H,6H2,1-2H3. The zero-order valence-corrected chi connectivity index (χ0v) is 11.7. The molecule has 0 saturated heterocycles. The second-order valence-electron chi connectivity index (χ2n) is 4.41. The molecule has 108 valence electrons. The molecule has 0 radical (unpaired) electrons. The van der Waals surface area contributed by atoms with Crippen molar-refractivity contribution < 1.29 is 13.2 Å². The Morgan fingerprint density at radius 1 is 1.30 bits per heavy atom. The summed E-state index contributed by atoms with van der Waals surface area (Å²) in [6.07, 6.45) is -0.178. The van der Waals surface area contributed by atoms with Crippen LogP contribution in [0.1, 0.15) is 24.4 Å². The van der Waals surface area contributed by atoms with Gasteiger partial charge in [-0.05, 0) is 0 Å². The van der Waals surface area contributed by atoms with Crippen LogP contribution in [0.5, 0.6) is 0 Å². The fourth-order valence-electron chi connectivity index (χ4n) is 1.51. The molecule has 0 spiro atoms. The fraction of sp³-hybridized carbons (Fsp3) is 0.417. The van der Waals surface area contributed by atoms with Crippen molar-refractivity contribution >= 4 is 11.3 Å². The van der Waals surface area contributed by atoms with Crippen LogP contribution in [0.3, 0.4) is 0 Å². The smallest absolute Gasteiger partial charge is 0.310 e. The Hall–Kier alpha value is -1.54. The molecule has 0 unspecified atom stereocenters. The van der Waals surface area contributed by atoms with Gasteiger partial charge in [0, 0.05) is 25.0 Å². The predicted molar refractivity (Wildman–Crippen MR) is 70.1 cm³/mol. The van der Waals surface area contributed by atoms with Crippen molar-refractivity contribution in [2.75, 3.05) is 0 Å². The highest BCUT2D eigenvalue weighted by Gasteiger charge is 2.37. The van der Waals surface area contributed by atoms with Gasteiger partial charge in [-0.25, -0.2) is 4.98 Å². The van der Waals surface area contributed by atoms with Gasteiger partial charge in [0.1, 0.15) is 10.7 Å². The number of thiazole rings is 1. The molecule has 0 atom stereocenters.